The fourth-order valence-corrected chi connectivity index (χ4v) is 4.36. The molecule has 0 unspecified atom stereocenters. The Kier molecular flexibility index (Phi) is 8.42. The molecule has 33 heavy (non-hydrogen) atoms. The van der Waals surface area contributed by atoms with Crippen LogP contribution < -0.4 is 11.1 Å². The zero-order valence-corrected chi connectivity index (χ0v) is 21.5. The van der Waals surface area contributed by atoms with Gasteiger partial charge in [-0.3, -0.25) is 14.4 Å². The van der Waals surface area contributed by atoms with Gasteiger partial charge in [0.2, 0.25) is 5.91 Å². The number of amides is 2. The molecule has 2 heterocycles. The second-order valence-corrected chi connectivity index (χ2v) is 12.3. The molecule has 182 valence electrons. The van der Waals surface area contributed by atoms with E-state index in [2.05, 4.69) is 44.2 Å². The van der Waals surface area contributed by atoms with Crippen LogP contribution in [0.25, 0.3) is 11.1 Å². The molecule has 1 aromatic heterocycles. The number of aryl methyl sites for hydroxylation is 1. The molecule has 0 bridgehead atoms. The number of carbonyl (C=O) groups is 3. The van der Waals surface area contributed by atoms with Crippen LogP contribution in [0.15, 0.2) is 22.6 Å². The highest BCUT2D eigenvalue weighted by Gasteiger charge is 2.51. The fraction of sp³-hybridized carbons (Fsp3) is 0.565. The number of fused-ring (bicyclic) bond motifs is 1. The number of carbonyl (C=O) groups excluding carboxylic acids is 2. The van der Waals surface area contributed by atoms with Crippen LogP contribution in [0.1, 0.15) is 43.9 Å². The monoisotopic (exact) mass is 477 g/mol. The lowest BCUT2D eigenvalue weighted by atomic mass is 9.65. The summed E-state index contributed by atoms with van der Waals surface area (Å²) in [5, 5.41) is 11.9. The van der Waals surface area contributed by atoms with Crippen LogP contribution in [0.2, 0.25) is 13.1 Å². The molecule has 0 saturated carbocycles. The molecule has 0 radical (unpaired) electrons. The maximum absolute atomic E-state index is 12.0. The van der Waals surface area contributed by atoms with Crippen LogP contribution in [0.4, 0.5) is 0 Å². The normalized spacial score (nSPS) is 19.8. The average Bonchev–Trinajstić information content (AvgIpc) is 3.11. The number of nitrogens with one attached hydrogen (secondary N) is 1. The van der Waals surface area contributed by atoms with Crippen molar-refractivity contribution in [3.63, 3.8) is 0 Å². The van der Waals surface area contributed by atoms with Crippen molar-refractivity contribution in [3.8, 4) is 0 Å². The molecule has 4 N–H and O–H groups in total. The number of β-lactam (4-membered cyclic amide) rings is 1. The molecular weight excluding hydrogens is 442 g/mol. The van der Waals surface area contributed by atoms with Crippen molar-refractivity contribution in [2.75, 3.05) is 6.61 Å². The number of aliphatic carboxylic acids is 1. The Morgan fingerprint density at radius 2 is 1.97 bits per heavy atom. The van der Waals surface area contributed by atoms with Gasteiger partial charge in [-0.05, 0) is 56.0 Å². The molecule has 1 aliphatic heterocycles. The minimum absolute atomic E-state index is 0.0398. The fourth-order valence-electron chi connectivity index (χ4n) is 3.77. The van der Waals surface area contributed by atoms with Crippen LogP contribution in [0.3, 0.4) is 0 Å². The summed E-state index contributed by atoms with van der Waals surface area (Å²) in [5.74, 6) is -2.40. The van der Waals surface area contributed by atoms with Gasteiger partial charge in [0.1, 0.15) is 5.52 Å². The van der Waals surface area contributed by atoms with Crippen molar-refractivity contribution >= 4 is 37.9 Å². The van der Waals surface area contributed by atoms with Crippen LogP contribution >= 0.6 is 0 Å². The Balaban J connectivity index is 0.000000254. The summed E-state index contributed by atoms with van der Waals surface area (Å²) in [6, 6.07) is 5.20. The third-order valence-corrected chi connectivity index (χ3v) is 6.69. The lowest BCUT2D eigenvalue weighted by Gasteiger charge is -2.47. The van der Waals surface area contributed by atoms with E-state index in [0.29, 0.717) is 17.7 Å². The molecule has 2 amide bonds. The summed E-state index contributed by atoms with van der Waals surface area (Å²) in [6.07, 6.45) is 0. The Morgan fingerprint density at radius 1 is 1.33 bits per heavy atom. The SMILES string of the molecule is C[C@@H](C(=O)O)[C@@H]1NC(=O)[C@H]1[C@@H](CO[SiH](C)C)C(C)(C)C.Cc1ccc2oc(C(N)=O)nc2c1. The molecule has 3 rings (SSSR count). The maximum Gasteiger partial charge on any atom is 0.308 e. The van der Waals surface area contributed by atoms with Gasteiger partial charge in [-0.1, -0.05) is 26.8 Å². The highest BCUT2D eigenvalue weighted by atomic mass is 28.3. The lowest BCUT2D eigenvalue weighted by Crippen LogP contribution is -2.66. The number of nitrogens with zero attached hydrogens (tertiary/aromatic N) is 1. The molecule has 1 aromatic carbocycles. The van der Waals surface area contributed by atoms with E-state index in [-0.39, 0.29) is 35.1 Å². The number of carboxylic acids is 1. The lowest BCUT2D eigenvalue weighted by molar-refractivity contribution is -0.152. The minimum atomic E-state index is -1.16. The number of carboxylic acid groups (broad SMARTS) is 1. The van der Waals surface area contributed by atoms with E-state index >= 15 is 0 Å². The molecule has 1 saturated heterocycles. The number of rotatable bonds is 7. The Labute approximate surface area is 195 Å². The van der Waals surface area contributed by atoms with Crippen molar-refractivity contribution in [2.45, 2.75) is 53.8 Å². The van der Waals surface area contributed by atoms with Gasteiger partial charge in [0.15, 0.2) is 14.6 Å². The third-order valence-electron chi connectivity index (χ3n) is 5.84. The van der Waals surface area contributed by atoms with E-state index in [1.54, 1.807) is 13.0 Å². The van der Waals surface area contributed by atoms with E-state index < -0.39 is 26.8 Å². The predicted octanol–water partition coefficient (Wildman–Crippen LogP) is 2.72. The second kappa shape index (κ2) is 10.5. The van der Waals surface area contributed by atoms with Crippen LogP contribution in [0.5, 0.6) is 0 Å². The van der Waals surface area contributed by atoms with E-state index in [4.69, 9.17) is 19.7 Å². The Morgan fingerprint density at radius 3 is 2.45 bits per heavy atom. The van der Waals surface area contributed by atoms with E-state index in [1.165, 1.54) is 0 Å². The smallest absolute Gasteiger partial charge is 0.308 e. The van der Waals surface area contributed by atoms with Crippen LogP contribution in [-0.2, 0) is 14.0 Å². The van der Waals surface area contributed by atoms with Gasteiger partial charge in [0.25, 0.3) is 5.89 Å². The van der Waals surface area contributed by atoms with Gasteiger partial charge in [-0.2, -0.15) is 0 Å². The van der Waals surface area contributed by atoms with Crippen LogP contribution in [0, 0.1) is 30.1 Å². The van der Waals surface area contributed by atoms with Crippen molar-refractivity contribution in [2.24, 2.45) is 28.9 Å². The molecular formula is C23H35N3O6Si. The van der Waals surface area contributed by atoms with Gasteiger partial charge in [-0.15, -0.1) is 0 Å². The van der Waals surface area contributed by atoms with E-state index in [0.717, 1.165) is 5.56 Å². The number of benzene rings is 1. The summed E-state index contributed by atoms with van der Waals surface area (Å²) in [7, 11) is -1.16. The van der Waals surface area contributed by atoms with E-state index in [1.807, 2.05) is 19.1 Å². The predicted molar refractivity (Wildman–Crippen MR) is 127 cm³/mol. The molecule has 0 aliphatic carbocycles. The summed E-state index contributed by atoms with van der Waals surface area (Å²) >= 11 is 0. The molecule has 2 aromatic rings. The van der Waals surface area contributed by atoms with Gasteiger partial charge in [0, 0.05) is 6.61 Å². The molecule has 4 atom stereocenters. The number of aromatic nitrogens is 1. The van der Waals surface area contributed by atoms with E-state index in [9.17, 15) is 14.4 Å². The van der Waals surface area contributed by atoms with Gasteiger partial charge < -0.3 is 25.0 Å². The minimum Gasteiger partial charge on any atom is -0.481 e. The first-order valence-electron chi connectivity index (χ1n) is 11.0. The number of hydrogen-bond donors (Lipinski definition) is 3. The summed E-state index contributed by atoms with van der Waals surface area (Å²) in [4.78, 5) is 37.8. The molecule has 1 aliphatic rings. The zero-order chi connectivity index (χ0) is 25.1. The first kappa shape index (κ1) is 26.5. The summed E-state index contributed by atoms with van der Waals surface area (Å²) in [6.45, 7) is 14.6. The molecule has 1 fully saturated rings. The standard InChI is InChI=1S/C14H27NO4Si.C9H8N2O2/c1-8(13(17)18)11-10(12(16)15-11)9(14(2,3)4)7-19-20(5)6;1-5-2-3-7-6(4-5)11-9(13-7)8(10)12/h8-11,20H,7H2,1-6H3,(H,15,16)(H,17,18);2-4H,1H3,(H2,10,12)/t8-,9-,10+,11+;/m1./s1. The van der Waals surface area contributed by atoms with Crippen molar-refractivity contribution in [1.82, 2.24) is 10.3 Å². The molecule has 9 nitrogen and oxygen atoms in total. The summed E-state index contributed by atoms with van der Waals surface area (Å²) < 4.78 is 10.9. The van der Waals surface area contributed by atoms with Crippen molar-refractivity contribution in [3.05, 3.63) is 29.7 Å². The van der Waals surface area contributed by atoms with Crippen molar-refractivity contribution < 1.29 is 28.3 Å². The summed E-state index contributed by atoms with van der Waals surface area (Å²) in [5.41, 5.74) is 7.24. The highest BCUT2D eigenvalue weighted by molar-refractivity contribution is 6.48. The quantitative estimate of drug-likeness (QED) is 0.411. The van der Waals surface area contributed by atoms with Crippen molar-refractivity contribution in [1.29, 1.82) is 0 Å². The number of hydrogen-bond acceptors (Lipinski definition) is 6. The van der Waals surface area contributed by atoms with Gasteiger partial charge in [0.05, 0.1) is 17.9 Å². The Hall–Kier alpha value is -2.72. The van der Waals surface area contributed by atoms with Gasteiger partial charge >= 0.3 is 11.9 Å². The van der Waals surface area contributed by atoms with Crippen LogP contribution in [-0.4, -0.2) is 49.6 Å². The topological polar surface area (TPSA) is 145 Å². The van der Waals surface area contributed by atoms with Gasteiger partial charge in [-0.25, -0.2) is 4.98 Å². The number of nitrogens with two attached hydrogens (primary N) is 1. The largest absolute Gasteiger partial charge is 0.481 e. The third kappa shape index (κ3) is 6.64. The average molecular weight is 478 g/mol. The molecule has 0 spiro atoms. The molecule has 10 heteroatoms. The highest BCUT2D eigenvalue weighted by Crippen LogP contribution is 2.40. The maximum atomic E-state index is 12.0. The first-order valence-corrected chi connectivity index (χ1v) is 13.8. The first-order chi connectivity index (χ1) is 15.2. The number of oxazole rings is 1. The number of primary amides is 1. The Bertz CT molecular complexity index is 1010. The zero-order valence-electron chi connectivity index (χ0n) is 20.3. The second-order valence-electron chi connectivity index (χ2n) is 9.90.